The zero-order valence-corrected chi connectivity index (χ0v) is 12.9. The largest absolute Gasteiger partial charge is 0.433 e. The van der Waals surface area contributed by atoms with Gasteiger partial charge in [0.05, 0.1) is 5.69 Å². The molecule has 0 aliphatic heterocycles. The number of carbonyl (C=O) groups is 1. The molecule has 2 rings (SSSR count). The molecule has 0 aliphatic carbocycles. The molecule has 0 fully saturated rings. The number of nitrogens with zero attached hydrogens (tertiary/aromatic N) is 2. The molecule has 1 N–H and O–H groups in total. The van der Waals surface area contributed by atoms with E-state index < -0.39 is 6.61 Å². The molecule has 0 aliphatic rings. The third-order valence-corrected chi connectivity index (χ3v) is 3.09. The van der Waals surface area contributed by atoms with Crippen LogP contribution in [0.25, 0.3) is 0 Å². The van der Waals surface area contributed by atoms with Crippen LogP contribution in [0.1, 0.15) is 0 Å². The molecule has 122 valence electrons. The number of benzene rings is 1. The standard InChI is InChI=1S/C16H17F2N3O2/c1-20(2)12-7-9-21(10-8-12)11-15(22)19-13-5-3-4-6-14(13)23-16(17)18/h3-10,16H,11H2,1-2H3/p+1. The van der Waals surface area contributed by atoms with Crippen molar-refractivity contribution in [3.63, 3.8) is 0 Å². The summed E-state index contributed by atoms with van der Waals surface area (Å²) in [5, 5.41) is 2.57. The number of nitrogens with one attached hydrogen (secondary N) is 1. The van der Waals surface area contributed by atoms with Gasteiger partial charge in [-0.15, -0.1) is 0 Å². The average molecular weight is 322 g/mol. The van der Waals surface area contributed by atoms with E-state index in [1.54, 1.807) is 29.1 Å². The SMILES string of the molecule is CN(C)c1cc[n+](CC(=O)Nc2ccccc2OC(F)F)cc1. The van der Waals surface area contributed by atoms with E-state index in [9.17, 15) is 13.6 Å². The maximum Gasteiger partial charge on any atom is 0.387 e. The highest BCUT2D eigenvalue weighted by molar-refractivity contribution is 5.91. The number of carbonyl (C=O) groups excluding carboxylic acids is 1. The average Bonchev–Trinajstić information content (AvgIpc) is 2.49. The van der Waals surface area contributed by atoms with E-state index in [0.29, 0.717) is 0 Å². The van der Waals surface area contributed by atoms with Crippen molar-refractivity contribution < 1.29 is 22.9 Å². The summed E-state index contributed by atoms with van der Waals surface area (Å²) in [4.78, 5) is 14.0. The minimum atomic E-state index is -2.94. The smallest absolute Gasteiger partial charge is 0.387 e. The number of aromatic nitrogens is 1. The van der Waals surface area contributed by atoms with Crippen LogP contribution in [0.2, 0.25) is 0 Å². The highest BCUT2D eigenvalue weighted by Gasteiger charge is 2.14. The summed E-state index contributed by atoms with van der Waals surface area (Å²) in [5.74, 6) is -0.401. The minimum absolute atomic E-state index is 0.0659. The Balaban J connectivity index is 2.02. The Morgan fingerprint density at radius 2 is 1.87 bits per heavy atom. The molecule has 0 spiro atoms. The lowest BCUT2D eigenvalue weighted by molar-refractivity contribution is -0.684. The van der Waals surface area contributed by atoms with Crippen LogP contribution >= 0.6 is 0 Å². The van der Waals surface area contributed by atoms with E-state index in [2.05, 4.69) is 10.1 Å². The van der Waals surface area contributed by atoms with Gasteiger partial charge >= 0.3 is 6.61 Å². The lowest BCUT2D eigenvalue weighted by atomic mass is 10.3. The van der Waals surface area contributed by atoms with Crippen molar-refractivity contribution in [2.24, 2.45) is 0 Å². The molecule has 0 bridgehead atoms. The summed E-state index contributed by atoms with van der Waals surface area (Å²) >= 11 is 0. The van der Waals surface area contributed by atoms with Gasteiger partial charge in [0.25, 0.3) is 5.91 Å². The molecular formula is C16H18F2N3O2+. The molecular weight excluding hydrogens is 304 g/mol. The minimum Gasteiger partial charge on any atom is -0.433 e. The van der Waals surface area contributed by atoms with E-state index in [0.717, 1.165) is 5.69 Å². The molecule has 7 heteroatoms. The molecule has 1 amide bonds. The molecule has 0 radical (unpaired) electrons. The fourth-order valence-electron chi connectivity index (χ4n) is 1.98. The number of ether oxygens (including phenoxy) is 1. The van der Waals surface area contributed by atoms with Gasteiger partial charge in [-0.1, -0.05) is 12.1 Å². The monoisotopic (exact) mass is 322 g/mol. The Morgan fingerprint density at radius 3 is 2.48 bits per heavy atom. The van der Waals surface area contributed by atoms with Crippen molar-refractivity contribution in [1.29, 1.82) is 0 Å². The summed E-state index contributed by atoms with van der Waals surface area (Å²) in [6.07, 6.45) is 3.55. The molecule has 0 saturated carbocycles. The van der Waals surface area contributed by atoms with Gasteiger partial charge in [0.2, 0.25) is 6.54 Å². The first-order valence-electron chi connectivity index (χ1n) is 6.96. The summed E-state index contributed by atoms with van der Waals surface area (Å²) in [6.45, 7) is -2.88. The second kappa shape index (κ2) is 7.53. The van der Waals surface area contributed by atoms with Gasteiger partial charge in [-0.25, -0.2) is 0 Å². The molecule has 1 aromatic carbocycles. The normalized spacial score (nSPS) is 10.5. The third kappa shape index (κ3) is 4.91. The second-order valence-corrected chi connectivity index (χ2v) is 5.05. The predicted molar refractivity (Wildman–Crippen MR) is 82.7 cm³/mol. The van der Waals surface area contributed by atoms with Crippen LogP contribution in [0.15, 0.2) is 48.8 Å². The van der Waals surface area contributed by atoms with Gasteiger partial charge < -0.3 is 15.0 Å². The van der Waals surface area contributed by atoms with Gasteiger partial charge in [-0.2, -0.15) is 13.3 Å². The summed E-state index contributed by atoms with van der Waals surface area (Å²) in [7, 11) is 3.85. The predicted octanol–water partition coefficient (Wildman–Crippen LogP) is 2.28. The van der Waals surface area contributed by atoms with Crippen molar-refractivity contribution in [3.8, 4) is 5.75 Å². The number of para-hydroxylation sites is 2. The van der Waals surface area contributed by atoms with Crippen LogP contribution in [0.3, 0.4) is 0 Å². The third-order valence-electron chi connectivity index (χ3n) is 3.09. The first kappa shape index (κ1) is 16.7. The summed E-state index contributed by atoms with van der Waals surface area (Å²) in [5.41, 5.74) is 1.22. The number of halogens is 2. The molecule has 0 atom stereocenters. The lowest BCUT2D eigenvalue weighted by Crippen LogP contribution is -2.39. The van der Waals surface area contributed by atoms with Gasteiger partial charge in [-0.05, 0) is 12.1 Å². The first-order valence-corrected chi connectivity index (χ1v) is 6.96. The number of anilines is 2. The van der Waals surface area contributed by atoms with Gasteiger partial charge in [0, 0.05) is 31.9 Å². The zero-order chi connectivity index (χ0) is 16.8. The van der Waals surface area contributed by atoms with E-state index in [1.165, 1.54) is 12.1 Å². The summed E-state index contributed by atoms with van der Waals surface area (Å²) < 4.78 is 30.8. The van der Waals surface area contributed by atoms with Crippen LogP contribution in [0.5, 0.6) is 5.75 Å². The van der Waals surface area contributed by atoms with Crippen molar-refractivity contribution in [1.82, 2.24) is 0 Å². The van der Waals surface area contributed by atoms with Crippen LogP contribution in [0, 0.1) is 0 Å². The molecule has 2 aromatic rings. The number of alkyl halides is 2. The van der Waals surface area contributed by atoms with Gasteiger partial charge in [0.15, 0.2) is 12.4 Å². The molecule has 0 saturated heterocycles. The second-order valence-electron chi connectivity index (χ2n) is 5.05. The number of pyridine rings is 1. The van der Waals surface area contributed by atoms with Crippen molar-refractivity contribution in [3.05, 3.63) is 48.8 Å². The van der Waals surface area contributed by atoms with Crippen LogP contribution < -0.4 is 19.5 Å². The Hall–Kier alpha value is -2.70. The number of hydrogen-bond donors (Lipinski definition) is 1. The molecule has 23 heavy (non-hydrogen) atoms. The molecule has 0 unspecified atom stereocenters. The Bertz CT molecular complexity index is 661. The van der Waals surface area contributed by atoms with E-state index >= 15 is 0 Å². The van der Waals surface area contributed by atoms with Gasteiger partial charge in [0.1, 0.15) is 5.75 Å². The number of amides is 1. The maximum absolute atomic E-state index is 12.3. The quantitative estimate of drug-likeness (QED) is 0.830. The Morgan fingerprint density at radius 1 is 1.22 bits per heavy atom. The van der Waals surface area contributed by atoms with Gasteiger partial charge in [-0.3, -0.25) is 4.79 Å². The fraction of sp³-hybridized carbons (Fsp3) is 0.250. The highest BCUT2D eigenvalue weighted by atomic mass is 19.3. The van der Waals surface area contributed by atoms with Crippen molar-refractivity contribution >= 4 is 17.3 Å². The van der Waals surface area contributed by atoms with E-state index in [-0.39, 0.29) is 23.9 Å². The van der Waals surface area contributed by atoms with E-state index in [1.807, 2.05) is 31.1 Å². The number of rotatable bonds is 6. The topological polar surface area (TPSA) is 45.5 Å². The lowest BCUT2D eigenvalue weighted by Gasteiger charge is -2.11. The fourth-order valence-corrected chi connectivity index (χ4v) is 1.98. The van der Waals surface area contributed by atoms with Crippen LogP contribution in [-0.2, 0) is 11.3 Å². The maximum atomic E-state index is 12.3. The molecule has 1 aromatic heterocycles. The van der Waals surface area contributed by atoms with Crippen LogP contribution in [0.4, 0.5) is 20.2 Å². The van der Waals surface area contributed by atoms with Crippen LogP contribution in [-0.4, -0.2) is 26.6 Å². The zero-order valence-electron chi connectivity index (χ0n) is 12.9. The Kier molecular flexibility index (Phi) is 5.46. The summed E-state index contributed by atoms with van der Waals surface area (Å²) in [6, 6.07) is 9.83. The van der Waals surface area contributed by atoms with E-state index in [4.69, 9.17) is 0 Å². The van der Waals surface area contributed by atoms with Crippen molar-refractivity contribution in [2.45, 2.75) is 13.2 Å². The Labute approximate surface area is 133 Å². The highest BCUT2D eigenvalue weighted by Crippen LogP contribution is 2.25. The molecule has 5 nitrogen and oxygen atoms in total. The first-order chi connectivity index (χ1) is 11.0. The molecule has 1 heterocycles. The van der Waals surface area contributed by atoms with Crippen molar-refractivity contribution in [2.75, 3.05) is 24.3 Å². The number of hydrogen-bond acceptors (Lipinski definition) is 3.